The molecule has 1 nitrogen and oxygen atoms in total. The molecule has 0 amide bonds. The van der Waals surface area contributed by atoms with Gasteiger partial charge in [0.1, 0.15) is 0 Å². The molecule has 1 heteroatoms. The summed E-state index contributed by atoms with van der Waals surface area (Å²) in [6, 6.07) is 0. The summed E-state index contributed by atoms with van der Waals surface area (Å²) in [5.74, 6) is 0.696. The van der Waals surface area contributed by atoms with Crippen molar-refractivity contribution in [2.45, 2.75) is 32.1 Å². The maximum absolute atomic E-state index is 6.01. The van der Waals surface area contributed by atoms with Crippen LogP contribution in [0.25, 0.3) is 0 Å². The zero-order chi connectivity index (χ0) is 9.10. The third-order valence-electron chi connectivity index (χ3n) is 2.96. The van der Waals surface area contributed by atoms with E-state index in [0.29, 0.717) is 5.92 Å². The normalized spacial score (nSPS) is 28.2. The van der Waals surface area contributed by atoms with Gasteiger partial charge in [0.2, 0.25) is 0 Å². The number of nitrogens with two attached hydrogens (primary N) is 1. The van der Waals surface area contributed by atoms with Crippen molar-refractivity contribution >= 4 is 0 Å². The Hall–Kier alpha value is -0.980. The summed E-state index contributed by atoms with van der Waals surface area (Å²) in [6.07, 6.45) is 14.9. The molecule has 1 unspecified atom stereocenters. The molecule has 0 aliphatic heterocycles. The molecule has 0 fully saturated rings. The van der Waals surface area contributed by atoms with E-state index in [1.165, 1.54) is 24.8 Å². The van der Waals surface area contributed by atoms with Gasteiger partial charge in [0.25, 0.3) is 0 Å². The lowest BCUT2D eigenvalue weighted by Gasteiger charge is -2.23. The highest BCUT2D eigenvalue weighted by Crippen LogP contribution is 2.30. The summed E-state index contributed by atoms with van der Waals surface area (Å²) in [5.41, 5.74) is 8.55. The molecule has 0 bridgehead atoms. The van der Waals surface area contributed by atoms with Gasteiger partial charge in [-0.1, -0.05) is 24.3 Å². The van der Waals surface area contributed by atoms with E-state index >= 15 is 0 Å². The van der Waals surface area contributed by atoms with Gasteiger partial charge in [0.15, 0.2) is 0 Å². The van der Waals surface area contributed by atoms with E-state index in [2.05, 4.69) is 24.3 Å². The van der Waals surface area contributed by atoms with E-state index in [1.807, 2.05) is 0 Å². The van der Waals surface area contributed by atoms with Crippen LogP contribution in [0.4, 0.5) is 0 Å². The van der Waals surface area contributed by atoms with Crippen molar-refractivity contribution in [2.24, 2.45) is 11.7 Å². The van der Waals surface area contributed by atoms with Crippen molar-refractivity contribution in [2.75, 3.05) is 0 Å². The van der Waals surface area contributed by atoms with Gasteiger partial charge in [-0.3, -0.25) is 0 Å². The van der Waals surface area contributed by atoms with E-state index < -0.39 is 0 Å². The Morgan fingerprint density at radius 1 is 1.15 bits per heavy atom. The highest BCUT2D eigenvalue weighted by Gasteiger charge is 2.17. The summed E-state index contributed by atoms with van der Waals surface area (Å²) in [5, 5.41) is 0. The fourth-order valence-electron chi connectivity index (χ4n) is 2.17. The maximum Gasteiger partial charge on any atom is 0.0119 e. The van der Waals surface area contributed by atoms with Crippen LogP contribution in [0.5, 0.6) is 0 Å². The third-order valence-corrected chi connectivity index (χ3v) is 2.96. The average molecular weight is 175 g/mol. The first-order chi connectivity index (χ1) is 6.38. The molecule has 0 saturated heterocycles. The van der Waals surface area contributed by atoms with Crippen LogP contribution in [0.2, 0.25) is 0 Å². The summed E-state index contributed by atoms with van der Waals surface area (Å²) in [7, 11) is 0. The highest BCUT2D eigenvalue weighted by molar-refractivity contribution is 5.31. The Kier molecular flexibility index (Phi) is 2.53. The molecule has 0 saturated carbocycles. The molecule has 0 radical (unpaired) electrons. The zero-order valence-corrected chi connectivity index (χ0v) is 8.00. The van der Waals surface area contributed by atoms with Crippen molar-refractivity contribution < 1.29 is 0 Å². The van der Waals surface area contributed by atoms with E-state index in [9.17, 15) is 0 Å². The van der Waals surface area contributed by atoms with Crippen molar-refractivity contribution in [1.82, 2.24) is 0 Å². The molecular formula is C12H17N. The van der Waals surface area contributed by atoms with Crippen molar-refractivity contribution in [3.05, 3.63) is 35.6 Å². The molecule has 0 aromatic carbocycles. The SMILES string of the molecule is NC1=C(C2CC=CCC2)C=CCC1. The highest BCUT2D eigenvalue weighted by atomic mass is 14.6. The number of rotatable bonds is 1. The summed E-state index contributed by atoms with van der Waals surface area (Å²) in [6.45, 7) is 0. The van der Waals surface area contributed by atoms with Crippen LogP contribution in [0, 0.1) is 5.92 Å². The average Bonchev–Trinajstić information content (AvgIpc) is 2.20. The predicted molar refractivity (Wildman–Crippen MR) is 56.1 cm³/mol. The molecule has 0 spiro atoms. The van der Waals surface area contributed by atoms with Crippen LogP contribution in [0.3, 0.4) is 0 Å². The molecule has 2 rings (SSSR count). The molecule has 2 aliphatic carbocycles. The molecule has 13 heavy (non-hydrogen) atoms. The van der Waals surface area contributed by atoms with Gasteiger partial charge < -0.3 is 5.73 Å². The van der Waals surface area contributed by atoms with E-state index in [1.54, 1.807) is 0 Å². The Morgan fingerprint density at radius 2 is 2.08 bits per heavy atom. The number of allylic oxidation sites excluding steroid dienone is 6. The zero-order valence-electron chi connectivity index (χ0n) is 8.00. The van der Waals surface area contributed by atoms with Crippen molar-refractivity contribution in [3.63, 3.8) is 0 Å². The second kappa shape index (κ2) is 3.82. The summed E-state index contributed by atoms with van der Waals surface area (Å²) < 4.78 is 0. The largest absolute Gasteiger partial charge is 0.402 e. The van der Waals surface area contributed by atoms with Gasteiger partial charge in [-0.05, 0) is 43.6 Å². The molecule has 1 atom stereocenters. The van der Waals surface area contributed by atoms with Crippen LogP contribution >= 0.6 is 0 Å². The molecule has 0 aromatic rings. The first-order valence-electron chi connectivity index (χ1n) is 5.18. The standard InChI is InChI=1S/C12H17N/c13-12-9-5-4-8-11(12)10-6-2-1-3-7-10/h1-2,4,8,10H,3,5-7,9,13H2. The van der Waals surface area contributed by atoms with Crippen LogP contribution in [0.15, 0.2) is 35.6 Å². The minimum atomic E-state index is 0.696. The second-order valence-electron chi connectivity index (χ2n) is 3.90. The monoisotopic (exact) mass is 175 g/mol. The summed E-state index contributed by atoms with van der Waals surface area (Å²) >= 11 is 0. The van der Waals surface area contributed by atoms with Crippen LogP contribution in [0.1, 0.15) is 32.1 Å². The predicted octanol–water partition coefficient (Wildman–Crippen LogP) is 2.91. The Balaban J connectivity index is 2.14. The molecule has 70 valence electrons. The Bertz CT molecular complexity index is 271. The minimum Gasteiger partial charge on any atom is -0.402 e. The minimum absolute atomic E-state index is 0.696. The van der Waals surface area contributed by atoms with Gasteiger partial charge >= 0.3 is 0 Å². The van der Waals surface area contributed by atoms with E-state index in [-0.39, 0.29) is 0 Å². The topological polar surface area (TPSA) is 26.0 Å². The van der Waals surface area contributed by atoms with Gasteiger partial charge in [-0.25, -0.2) is 0 Å². The van der Waals surface area contributed by atoms with E-state index in [0.717, 1.165) is 18.5 Å². The second-order valence-corrected chi connectivity index (χ2v) is 3.90. The van der Waals surface area contributed by atoms with Crippen LogP contribution < -0.4 is 5.73 Å². The Morgan fingerprint density at radius 3 is 2.77 bits per heavy atom. The van der Waals surface area contributed by atoms with Crippen molar-refractivity contribution in [1.29, 1.82) is 0 Å². The lowest BCUT2D eigenvalue weighted by Crippen LogP contribution is -2.13. The molecule has 2 N–H and O–H groups in total. The lowest BCUT2D eigenvalue weighted by molar-refractivity contribution is 0.553. The van der Waals surface area contributed by atoms with Crippen LogP contribution in [-0.2, 0) is 0 Å². The molecular weight excluding hydrogens is 158 g/mol. The number of hydrogen-bond acceptors (Lipinski definition) is 1. The molecule has 0 heterocycles. The first kappa shape index (κ1) is 8.61. The maximum atomic E-state index is 6.01. The van der Waals surface area contributed by atoms with Gasteiger partial charge in [0.05, 0.1) is 0 Å². The fraction of sp³-hybridized carbons (Fsp3) is 0.500. The third kappa shape index (κ3) is 1.85. The van der Waals surface area contributed by atoms with E-state index in [4.69, 9.17) is 5.73 Å². The van der Waals surface area contributed by atoms with Gasteiger partial charge in [-0.2, -0.15) is 0 Å². The molecule has 0 aromatic heterocycles. The smallest absolute Gasteiger partial charge is 0.0119 e. The Labute approximate surface area is 80.0 Å². The quantitative estimate of drug-likeness (QED) is 0.609. The van der Waals surface area contributed by atoms with Crippen molar-refractivity contribution in [3.8, 4) is 0 Å². The molecule has 2 aliphatic rings. The fourth-order valence-corrected chi connectivity index (χ4v) is 2.17. The van der Waals surface area contributed by atoms with Gasteiger partial charge in [-0.15, -0.1) is 0 Å². The van der Waals surface area contributed by atoms with Crippen LogP contribution in [-0.4, -0.2) is 0 Å². The number of hydrogen-bond donors (Lipinski definition) is 1. The summed E-state index contributed by atoms with van der Waals surface area (Å²) in [4.78, 5) is 0. The lowest BCUT2D eigenvalue weighted by atomic mass is 9.84. The van der Waals surface area contributed by atoms with Gasteiger partial charge in [0, 0.05) is 5.70 Å². The first-order valence-corrected chi connectivity index (χ1v) is 5.18.